The van der Waals surface area contributed by atoms with Crippen LogP contribution in [0, 0.1) is 17.2 Å². The lowest BCUT2D eigenvalue weighted by Gasteiger charge is -2.35. The van der Waals surface area contributed by atoms with Crippen molar-refractivity contribution < 1.29 is 15.0 Å². The molecule has 0 aliphatic carbocycles. The van der Waals surface area contributed by atoms with E-state index < -0.39 is 23.5 Å². The van der Waals surface area contributed by atoms with E-state index >= 15 is 0 Å². The van der Waals surface area contributed by atoms with Gasteiger partial charge in [-0.1, -0.05) is 61.3 Å². The minimum Gasteiger partial charge on any atom is -0.394 e. The van der Waals surface area contributed by atoms with Gasteiger partial charge < -0.3 is 20.8 Å². The molecule has 0 unspecified atom stereocenters. The van der Waals surface area contributed by atoms with Gasteiger partial charge in [0.2, 0.25) is 5.91 Å². The number of carbonyl (C=O) groups is 1. The van der Waals surface area contributed by atoms with E-state index in [9.17, 15) is 15.2 Å². The molecule has 5 atom stereocenters. The van der Waals surface area contributed by atoms with E-state index in [1.54, 1.807) is 18.2 Å². The molecule has 3 rings (SSSR count). The Hall–Kier alpha value is -2.14. The first-order valence-electron chi connectivity index (χ1n) is 11.5. The molecule has 1 heterocycles. The van der Waals surface area contributed by atoms with E-state index in [1.165, 1.54) is 0 Å². The maximum absolute atomic E-state index is 13.4. The number of nitrogens with zero attached hydrogens (tertiary/aromatic N) is 1. The monoisotopic (exact) mass is 503 g/mol. The number of hydrogen-bond acceptors (Lipinski definition) is 5. The number of nitriles is 1. The SMILES string of the molecule is CC(C)C[C@@H]1N[C@@H](C(=O)NCC[C@H](O)CO)[C@H](c2cccc(Cl)c2)[C@@]1(C#N)c1ccc(Cl)cc1. The molecule has 0 bridgehead atoms. The summed E-state index contributed by atoms with van der Waals surface area (Å²) in [6.45, 7) is 4.01. The van der Waals surface area contributed by atoms with E-state index in [4.69, 9.17) is 28.3 Å². The Labute approximate surface area is 210 Å². The zero-order valence-corrected chi connectivity index (χ0v) is 20.9. The van der Waals surface area contributed by atoms with Gasteiger partial charge in [-0.2, -0.15) is 5.26 Å². The number of aliphatic hydroxyl groups is 2. The maximum Gasteiger partial charge on any atom is 0.237 e. The molecular formula is C26H31Cl2N3O3. The van der Waals surface area contributed by atoms with Gasteiger partial charge in [-0.3, -0.25) is 4.79 Å². The van der Waals surface area contributed by atoms with Gasteiger partial charge in [0, 0.05) is 28.5 Å². The smallest absolute Gasteiger partial charge is 0.237 e. The summed E-state index contributed by atoms with van der Waals surface area (Å²) >= 11 is 12.5. The van der Waals surface area contributed by atoms with Crippen LogP contribution >= 0.6 is 23.2 Å². The third-order valence-corrected chi connectivity index (χ3v) is 6.93. The maximum atomic E-state index is 13.4. The number of nitrogens with one attached hydrogen (secondary N) is 2. The highest BCUT2D eigenvalue weighted by Gasteiger charge is 2.59. The van der Waals surface area contributed by atoms with Gasteiger partial charge in [0.25, 0.3) is 0 Å². The van der Waals surface area contributed by atoms with Crippen molar-refractivity contribution in [2.75, 3.05) is 13.2 Å². The van der Waals surface area contributed by atoms with E-state index in [0.29, 0.717) is 16.5 Å². The molecule has 1 amide bonds. The van der Waals surface area contributed by atoms with Crippen molar-refractivity contribution in [2.24, 2.45) is 5.92 Å². The first-order chi connectivity index (χ1) is 16.2. The lowest BCUT2D eigenvalue weighted by Crippen LogP contribution is -2.45. The van der Waals surface area contributed by atoms with Crippen molar-refractivity contribution in [1.29, 1.82) is 5.26 Å². The number of rotatable bonds is 9. The third kappa shape index (κ3) is 5.56. The highest BCUT2D eigenvalue weighted by Crippen LogP contribution is 2.50. The number of benzene rings is 2. The quantitative estimate of drug-likeness (QED) is 0.416. The topological polar surface area (TPSA) is 105 Å². The zero-order valence-electron chi connectivity index (χ0n) is 19.3. The first-order valence-corrected chi connectivity index (χ1v) is 12.2. The van der Waals surface area contributed by atoms with Gasteiger partial charge in [0.15, 0.2) is 0 Å². The van der Waals surface area contributed by atoms with Crippen molar-refractivity contribution in [3.05, 3.63) is 69.7 Å². The summed E-state index contributed by atoms with van der Waals surface area (Å²) in [5.74, 6) is -0.516. The van der Waals surface area contributed by atoms with Crippen molar-refractivity contribution >= 4 is 29.1 Å². The summed E-state index contributed by atoms with van der Waals surface area (Å²) in [5.41, 5.74) is 0.526. The van der Waals surface area contributed by atoms with Gasteiger partial charge in [0.1, 0.15) is 5.41 Å². The van der Waals surface area contributed by atoms with Gasteiger partial charge in [-0.25, -0.2) is 0 Å². The highest BCUT2D eigenvalue weighted by molar-refractivity contribution is 6.30. The molecule has 0 aromatic heterocycles. The molecule has 0 spiro atoms. The summed E-state index contributed by atoms with van der Waals surface area (Å²) in [5, 5.41) is 36.9. The zero-order chi connectivity index (χ0) is 24.9. The fraction of sp³-hybridized carbons (Fsp3) is 0.462. The molecule has 1 aliphatic heterocycles. The lowest BCUT2D eigenvalue weighted by molar-refractivity contribution is -0.123. The third-order valence-electron chi connectivity index (χ3n) is 6.45. The molecule has 1 fully saturated rings. The number of amides is 1. The van der Waals surface area contributed by atoms with Crippen LogP contribution in [0.2, 0.25) is 10.0 Å². The first kappa shape index (κ1) is 26.5. The number of hydrogen-bond donors (Lipinski definition) is 4. The molecule has 0 saturated carbocycles. The second-order valence-corrected chi connectivity index (χ2v) is 10.1. The molecule has 1 saturated heterocycles. The van der Waals surface area contributed by atoms with E-state index in [-0.39, 0.29) is 37.4 Å². The highest BCUT2D eigenvalue weighted by atomic mass is 35.5. The van der Waals surface area contributed by atoms with E-state index in [1.807, 2.05) is 30.3 Å². The molecular weight excluding hydrogens is 473 g/mol. The Balaban J connectivity index is 2.11. The number of halogens is 2. The standard InChI is InChI=1S/C26H31Cl2N3O3/c1-16(2)12-22-26(15-29,18-6-8-19(27)9-7-18)23(17-4-3-5-20(28)13-17)24(31-22)25(34)30-11-10-21(33)14-32/h3-9,13,16,21-24,31-33H,10-12,14H2,1-2H3,(H,30,34)/t21-,22-,23-,24+,26-/m0/s1. The minimum atomic E-state index is -1.05. The normalized spacial score (nSPS) is 25.2. The second-order valence-electron chi connectivity index (χ2n) is 9.26. The summed E-state index contributed by atoms with van der Waals surface area (Å²) in [4.78, 5) is 13.4. The average Bonchev–Trinajstić information content (AvgIpc) is 3.13. The van der Waals surface area contributed by atoms with E-state index in [2.05, 4.69) is 30.6 Å². The largest absolute Gasteiger partial charge is 0.394 e. The van der Waals surface area contributed by atoms with Gasteiger partial charge in [-0.15, -0.1) is 0 Å². The van der Waals surface area contributed by atoms with Crippen LogP contribution in [0.4, 0.5) is 0 Å². The molecule has 0 radical (unpaired) electrons. The van der Waals surface area contributed by atoms with Crippen molar-refractivity contribution in [2.45, 2.75) is 56.2 Å². The van der Waals surface area contributed by atoms with Crippen LogP contribution in [-0.4, -0.2) is 47.5 Å². The summed E-state index contributed by atoms with van der Waals surface area (Å²) in [6, 6.07) is 16.1. The van der Waals surface area contributed by atoms with Crippen LogP contribution in [0.3, 0.4) is 0 Å². The Kier molecular flexibility index (Phi) is 8.97. The molecule has 6 nitrogen and oxygen atoms in total. The molecule has 2 aromatic rings. The van der Waals surface area contributed by atoms with Gasteiger partial charge in [0.05, 0.1) is 24.8 Å². The summed E-state index contributed by atoms with van der Waals surface area (Å²) in [6.07, 6.45) is 0.00840. The fourth-order valence-electron chi connectivity index (χ4n) is 4.91. The predicted molar refractivity (Wildman–Crippen MR) is 134 cm³/mol. The molecule has 1 aliphatic rings. The lowest BCUT2D eigenvalue weighted by atomic mass is 9.64. The number of carbonyl (C=O) groups excluding carboxylic acids is 1. The Morgan fingerprint density at radius 3 is 2.50 bits per heavy atom. The Morgan fingerprint density at radius 1 is 1.21 bits per heavy atom. The predicted octanol–water partition coefficient (Wildman–Crippen LogP) is 3.78. The average molecular weight is 504 g/mol. The van der Waals surface area contributed by atoms with Gasteiger partial charge >= 0.3 is 0 Å². The number of aliphatic hydroxyl groups excluding tert-OH is 2. The summed E-state index contributed by atoms with van der Waals surface area (Å²) in [7, 11) is 0. The van der Waals surface area contributed by atoms with Crippen LogP contribution in [0.5, 0.6) is 0 Å². The van der Waals surface area contributed by atoms with E-state index in [0.717, 1.165) is 11.1 Å². The van der Waals surface area contributed by atoms with Crippen molar-refractivity contribution in [3.8, 4) is 6.07 Å². The van der Waals surface area contributed by atoms with Crippen LogP contribution in [0.15, 0.2) is 48.5 Å². The fourth-order valence-corrected chi connectivity index (χ4v) is 5.24. The second kappa shape index (κ2) is 11.5. The van der Waals surface area contributed by atoms with Crippen LogP contribution < -0.4 is 10.6 Å². The molecule has 182 valence electrons. The van der Waals surface area contributed by atoms with Crippen LogP contribution in [0.1, 0.15) is 43.7 Å². The molecule has 2 aromatic carbocycles. The van der Waals surface area contributed by atoms with Crippen LogP contribution in [-0.2, 0) is 10.2 Å². The van der Waals surface area contributed by atoms with Gasteiger partial charge in [-0.05, 0) is 54.2 Å². The summed E-state index contributed by atoms with van der Waals surface area (Å²) < 4.78 is 0. The Bertz CT molecular complexity index is 1020. The van der Waals surface area contributed by atoms with Crippen molar-refractivity contribution in [1.82, 2.24) is 10.6 Å². The van der Waals surface area contributed by atoms with Crippen LogP contribution in [0.25, 0.3) is 0 Å². The molecule has 34 heavy (non-hydrogen) atoms. The van der Waals surface area contributed by atoms with Crippen molar-refractivity contribution in [3.63, 3.8) is 0 Å². The molecule has 8 heteroatoms. The minimum absolute atomic E-state index is 0.205. The molecule has 4 N–H and O–H groups in total. The Morgan fingerprint density at radius 2 is 1.91 bits per heavy atom.